The van der Waals surface area contributed by atoms with Gasteiger partial charge in [0.15, 0.2) is 0 Å². The molecule has 0 aliphatic rings. The number of nitrogens with one attached hydrogen (secondary N) is 1. The van der Waals surface area contributed by atoms with Crippen LogP contribution in [-0.4, -0.2) is 17.0 Å². The average molecular weight is 275 g/mol. The van der Waals surface area contributed by atoms with E-state index in [4.69, 9.17) is 0 Å². The van der Waals surface area contributed by atoms with Crippen molar-refractivity contribution >= 4 is 23.1 Å². The highest BCUT2D eigenvalue weighted by Gasteiger charge is 2.15. The van der Waals surface area contributed by atoms with E-state index in [2.05, 4.69) is 10.3 Å². The lowest BCUT2D eigenvalue weighted by Crippen LogP contribution is -2.00. The van der Waals surface area contributed by atoms with Gasteiger partial charge in [0.1, 0.15) is 5.69 Å². The summed E-state index contributed by atoms with van der Waals surface area (Å²) in [4.78, 5) is 14.8. The van der Waals surface area contributed by atoms with Gasteiger partial charge in [-0.05, 0) is 17.7 Å². The maximum absolute atomic E-state index is 11.0. The third-order valence-corrected chi connectivity index (χ3v) is 3.58. The molecule has 0 spiro atoms. The van der Waals surface area contributed by atoms with Crippen LogP contribution in [-0.2, 0) is 5.75 Å². The van der Waals surface area contributed by atoms with Crippen LogP contribution in [0, 0.1) is 10.1 Å². The van der Waals surface area contributed by atoms with Crippen molar-refractivity contribution in [2.75, 3.05) is 12.4 Å². The lowest BCUT2D eigenvalue weighted by atomic mass is 10.1. The van der Waals surface area contributed by atoms with E-state index >= 15 is 0 Å². The zero-order chi connectivity index (χ0) is 13.7. The predicted octanol–water partition coefficient (Wildman–Crippen LogP) is 3.32. The van der Waals surface area contributed by atoms with Crippen LogP contribution in [0.4, 0.5) is 11.4 Å². The fourth-order valence-corrected chi connectivity index (χ4v) is 2.59. The van der Waals surface area contributed by atoms with Crippen molar-refractivity contribution in [3.8, 4) is 0 Å². The van der Waals surface area contributed by atoms with Crippen molar-refractivity contribution in [1.29, 1.82) is 0 Å². The fourth-order valence-electron chi connectivity index (χ4n) is 1.73. The number of anilines is 1. The van der Waals surface area contributed by atoms with Crippen molar-refractivity contribution in [3.05, 3.63) is 58.3 Å². The van der Waals surface area contributed by atoms with Gasteiger partial charge in [0, 0.05) is 25.1 Å². The predicted molar refractivity (Wildman–Crippen MR) is 76.4 cm³/mol. The van der Waals surface area contributed by atoms with E-state index in [-0.39, 0.29) is 10.6 Å². The summed E-state index contributed by atoms with van der Waals surface area (Å²) in [7, 11) is 1.69. The summed E-state index contributed by atoms with van der Waals surface area (Å²) in [5.74, 6) is 0.634. The van der Waals surface area contributed by atoms with Gasteiger partial charge in [-0.3, -0.25) is 10.1 Å². The zero-order valence-corrected chi connectivity index (χ0v) is 11.2. The molecule has 0 radical (unpaired) electrons. The SMILES string of the molecule is CNc1c(CSc2ccccn2)cccc1[N+](=O)[O-]. The molecule has 1 N–H and O–H groups in total. The molecule has 19 heavy (non-hydrogen) atoms. The molecule has 6 heteroatoms. The Morgan fingerprint density at radius 1 is 1.32 bits per heavy atom. The van der Waals surface area contributed by atoms with E-state index in [1.807, 2.05) is 24.3 Å². The van der Waals surface area contributed by atoms with Gasteiger partial charge >= 0.3 is 0 Å². The molecular weight excluding hydrogens is 262 g/mol. The first-order valence-electron chi connectivity index (χ1n) is 5.70. The van der Waals surface area contributed by atoms with Crippen molar-refractivity contribution in [1.82, 2.24) is 4.98 Å². The summed E-state index contributed by atoms with van der Waals surface area (Å²) >= 11 is 1.55. The highest BCUT2D eigenvalue weighted by molar-refractivity contribution is 7.98. The van der Waals surface area contributed by atoms with Crippen molar-refractivity contribution in [2.45, 2.75) is 10.8 Å². The fraction of sp³-hybridized carbons (Fsp3) is 0.154. The molecule has 0 saturated carbocycles. The van der Waals surface area contributed by atoms with Gasteiger partial charge < -0.3 is 5.32 Å². The Morgan fingerprint density at radius 3 is 2.79 bits per heavy atom. The Bertz CT molecular complexity index is 575. The molecule has 1 aromatic carbocycles. The first-order valence-corrected chi connectivity index (χ1v) is 6.69. The maximum atomic E-state index is 11.0. The number of thioether (sulfide) groups is 1. The van der Waals surface area contributed by atoms with Crippen LogP contribution in [0.2, 0.25) is 0 Å². The highest BCUT2D eigenvalue weighted by Crippen LogP contribution is 2.31. The summed E-state index contributed by atoms with van der Waals surface area (Å²) in [6, 6.07) is 10.8. The number of nitrogens with zero attached hydrogens (tertiary/aromatic N) is 2. The number of hydrogen-bond acceptors (Lipinski definition) is 5. The molecule has 2 aromatic rings. The number of para-hydroxylation sites is 1. The van der Waals surface area contributed by atoms with Gasteiger partial charge in [-0.2, -0.15) is 0 Å². The summed E-state index contributed by atoms with van der Waals surface area (Å²) in [6.45, 7) is 0. The minimum absolute atomic E-state index is 0.0987. The van der Waals surface area contributed by atoms with Gasteiger partial charge in [-0.1, -0.05) is 18.2 Å². The molecule has 0 atom stereocenters. The molecule has 1 aromatic heterocycles. The maximum Gasteiger partial charge on any atom is 0.292 e. The molecule has 5 nitrogen and oxygen atoms in total. The molecule has 1 heterocycles. The van der Waals surface area contributed by atoms with E-state index < -0.39 is 0 Å². The molecule has 0 aliphatic carbocycles. The number of nitro benzene ring substituents is 1. The average Bonchev–Trinajstić information content (AvgIpc) is 2.45. The normalized spacial score (nSPS) is 10.2. The standard InChI is InChI=1S/C13H13N3O2S/c1-14-13-10(5-4-6-11(13)16(17)18)9-19-12-7-2-3-8-15-12/h2-8,14H,9H2,1H3. The monoisotopic (exact) mass is 275 g/mol. The Balaban J connectivity index is 2.21. The Morgan fingerprint density at radius 2 is 2.16 bits per heavy atom. The highest BCUT2D eigenvalue weighted by atomic mass is 32.2. The molecule has 2 rings (SSSR count). The number of pyridine rings is 1. The first-order chi connectivity index (χ1) is 9.22. The van der Waals surface area contributed by atoms with Gasteiger partial charge in [0.2, 0.25) is 0 Å². The molecule has 0 saturated heterocycles. The Kier molecular flexibility index (Phi) is 4.35. The third-order valence-electron chi connectivity index (χ3n) is 2.59. The summed E-state index contributed by atoms with van der Waals surface area (Å²) in [6.07, 6.45) is 1.73. The van der Waals surface area contributed by atoms with Crippen LogP contribution in [0.5, 0.6) is 0 Å². The summed E-state index contributed by atoms with van der Waals surface area (Å²) < 4.78 is 0. The van der Waals surface area contributed by atoms with Gasteiger partial charge in [0.25, 0.3) is 5.69 Å². The molecule has 0 amide bonds. The van der Waals surface area contributed by atoms with E-state index in [1.54, 1.807) is 31.1 Å². The zero-order valence-electron chi connectivity index (χ0n) is 10.4. The number of aromatic nitrogens is 1. The molecule has 0 unspecified atom stereocenters. The van der Waals surface area contributed by atoms with Gasteiger partial charge in [0.05, 0.1) is 9.95 Å². The van der Waals surface area contributed by atoms with Crippen molar-refractivity contribution in [2.24, 2.45) is 0 Å². The van der Waals surface area contributed by atoms with Crippen LogP contribution in [0.1, 0.15) is 5.56 Å². The molecule has 0 fully saturated rings. The minimum atomic E-state index is -0.374. The minimum Gasteiger partial charge on any atom is -0.382 e. The topological polar surface area (TPSA) is 68.1 Å². The Hall–Kier alpha value is -2.08. The van der Waals surface area contributed by atoms with Crippen LogP contribution < -0.4 is 5.32 Å². The van der Waals surface area contributed by atoms with E-state index in [0.29, 0.717) is 11.4 Å². The van der Waals surface area contributed by atoms with Crippen molar-refractivity contribution in [3.63, 3.8) is 0 Å². The lowest BCUT2D eigenvalue weighted by molar-refractivity contribution is -0.384. The van der Waals surface area contributed by atoms with Crippen molar-refractivity contribution < 1.29 is 4.92 Å². The quantitative estimate of drug-likeness (QED) is 0.515. The third kappa shape index (κ3) is 3.23. The van der Waals surface area contributed by atoms with Crippen LogP contribution >= 0.6 is 11.8 Å². The van der Waals surface area contributed by atoms with Gasteiger partial charge in [-0.15, -0.1) is 11.8 Å². The number of benzene rings is 1. The second-order valence-corrected chi connectivity index (χ2v) is 4.77. The van der Waals surface area contributed by atoms with E-state index in [9.17, 15) is 10.1 Å². The lowest BCUT2D eigenvalue weighted by Gasteiger charge is -2.08. The molecule has 0 bridgehead atoms. The van der Waals surface area contributed by atoms with Crippen LogP contribution in [0.3, 0.4) is 0 Å². The number of hydrogen-bond donors (Lipinski definition) is 1. The molecule has 0 aliphatic heterocycles. The summed E-state index contributed by atoms with van der Waals surface area (Å²) in [5, 5.41) is 14.8. The second-order valence-electron chi connectivity index (χ2n) is 3.78. The Labute approximate surface area is 115 Å². The van der Waals surface area contributed by atoms with Crippen LogP contribution in [0.15, 0.2) is 47.6 Å². The van der Waals surface area contributed by atoms with E-state index in [1.165, 1.54) is 6.07 Å². The number of nitro groups is 1. The summed E-state index contributed by atoms with van der Waals surface area (Å²) in [5.41, 5.74) is 1.56. The molecule has 98 valence electrons. The van der Waals surface area contributed by atoms with Crippen LogP contribution in [0.25, 0.3) is 0 Å². The largest absolute Gasteiger partial charge is 0.382 e. The van der Waals surface area contributed by atoms with Gasteiger partial charge in [-0.25, -0.2) is 4.98 Å². The first kappa shape index (κ1) is 13.4. The van der Waals surface area contributed by atoms with E-state index in [0.717, 1.165) is 10.6 Å². The second kappa shape index (κ2) is 6.19. The molecular formula is C13H13N3O2S. The number of rotatable bonds is 5. The smallest absolute Gasteiger partial charge is 0.292 e.